The van der Waals surface area contributed by atoms with Gasteiger partial charge in [-0.2, -0.15) is 17.0 Å². The highest BCUT2D eigenvalue weighted by Gasteiger charge is 2.35. The van der Waals surface area contributed by atoms with Crippen LogP contribution in [-0.2, 0) is 19.7 Å². The van der Waals surface area contributed by atoms with E-state index in [-0.39, 0.29) is 12.6 Å². The molecule has 0 aliphatic carbocycles. The van der Waals surface area contributed by atoms with E-state index in [9.17, 15) is 13.2 Å². The first kappa shape index (κ1) is 16.7. The van der Waals surface area contributed by atoms with Crippen molar-refractivity contribution in [3.05, 3.63) is 0 Å². The molecule has 0 aromatic carbocycles. The Morgan fingerprint density at radius 2 is 2.10 bits per heavy atom. The first-order valence-electron chi connectivity index (χ1n) is 7.47. The third-order valence-electron chi connectivity index (χ3n) is 4.19. The number of aliphatic carboxylic acids is 1. The monoisotopic (exact) mass is 320 g/mol. The second kappa shape index (κ2) is 7.04. The van der Waals surface area contributed by atoms with Crippen molar-refractivity contribution in [2.45, 2.75) is 38.2 Å². The Morgan fingerprint density at radius 1 is 1.33 bits per heavy atom. The summed E-state index contributed by atoms with van der Waals surface area (Å²) in [6, 6.07) is 0. The molecule has 7 nitrogen and oxygen atoms in total. The molecule has 0 saturated carbocycles. The van der Waals surface area contributed by atoms with Gasteiger partial charge in [-0.3, -0.25) is 4.79 Å². The Morgan fingerprint density at radius 3 is 2.71 bits per heavy atom. The van der Waals surface area contributed by atoms with Crippen LogP contribution in [0.1, 0.15) is 32.1 Å². The van der Waals surface area contributed by atoms with Gasteiger partial charge in [0, 0.05) is 33.3 Å². The fraction of sp³-hybridized carbons (Fsp3) is 0.923. The van der Waals surface area contributed by atoms with E-state index in [4.69, 9.17) is 9.84 Å². The zero-order valence-electron chi connectivity index (χ0n) is 12.4. The Labute approximate surface area is 126 Å². The molecule has 0 amide bonds. The van der Waals surface area contributed by atoms with Gasteiger partial charge in [-0.1, -0.05) is 0 Å². The normalized spacial score (nSPS) is 28.7. The maximum atomic E-state index is 12.5. The summed E-state index contributed by atoms with van der Waals surface area (Å²) < 4.78 is 33.2. The van der Waals surface area contributed by atoms with Crippen molar-refractivity contribution in [2.24, 2.45) is 5.92 Å². The molecular formula is C13H24N2O5S. The molecule has 0 aromatic rings. The number of hydrogen-bond donors (Lipinski definition) is 1. The number of carboxylic acids is 1. The van der Waals surface area contributed by atoms with Crippen LogP contribution in [-0.4, -0.2) is 67.5 Å². The van der Waals surface area contributed by atoms with Gasteiger partial charge in [-0.15, -0.1) is 0 Å². The topological polar surface area (TPSA) is 87.2 Å². The van der Waals surface area contributed by atoms with Gasteiger partial charge >= 0.3 is 5.97 Å². The van der Waals surface area contributed by atoms with E-state index in [1.54, 1.807) is 0 Å². The summed E-state index contributed by atoms with van der Waals surface area (Å²) in [5.41, 5.74) is 0. The van der Waals surface area contributed by atoms with Crippen LogP contribution >= 0.6 is 0 Å². The molecule has 2 saturated heterocycles. The van der Waals surface area contributed by atoms with E-state index in [2.05, 4.69) is 0 Å². The highest BCUT2D eigenvalue weighted by molar-refractivity contribution is 7.86. The number of carbonyl (C=O) groups is 1. The first-order valence-corrected chi connectivity index (χ1v) is 8.87. The Kier molecular flexibility index (Phi) is 5.59. The number of piperidine rings is 1. The molecule has 1 N–H and O–H groups in total. The quantitative estimate of drug-likeness (QED) is 0.798. The van der Waals surface area contributed by atoms with Gasteiger partial charge in [-0.05, 0) is 32.1 Å². The molecule has 2 fully saturated rings. The average molecular weight is 320 g/mol. The molecule has 2 aliphatic heterocycles. The molecule has 21 heavy (non-hydrogen) atoms. The van der Waals surface area contributed by atoms with Gasteiger partial charge in [0.1, 0.15) is 0 Å². The average Bonchev–Trinajstić information content (AvgIpc) is 2.48. The summed E-state index contributed by atoms with van der Waals surface area (Å²) in [7, 11) is -2.07. The molecule has 2 heterocycles. The molecule has 0 spiro atoms. The minimum absolute atomic E-state index is 0.0569. The van der Waals surface area contributed by atoms with Crippen LogP contribution in [0.3, 0.4) is 0 Å². The van der Waals surface area contributed by atoms with E-state index in [0.29, 0.717) is 32.5 Å². The third kappa shape index (κ3) is 4.15. The van der Waals surface area contributed by atoms with Gasteiger partial charge in [0.25, 0.3) is 10.2 Å². The number of ether oxygens (including phenoxy) is 1. The molecule has 2 rings (SSSR count). The SMILES string of the molecule is CN(CC1CCCCO1)S(=O)(=O)N1CCCC(C(=O)O)C1. The van der Waals surface area contributed by atoms with Crippen LogP contribution in [0.2, 0.25) is 0 Å². The molecule has 0 aromatic heterocycles. The first-order chi connectivity index (χ1) is 9.91. The van der Waals surface area contributed by atoms with Gasteiger partial charge in [0.15, 0.2) is 0 Å². The smallest absolute Gasteiger partial charge is 0.307 e. The van der Waals surface area contributed by atoms with E-state index >= 15 is 0 Å². The van der Waals surface area contributed by atoms with Crippen molar-refractivity contribution in [3.63, 3.8) is 0 Å². The second-order valence-electron chi connectivity index (χ2n) is 5.81. The Bertz CT molecular complexity index is 461. The van der Waals surface area contributed by atoms with Crippen molar-refractivity contribution in [2.75, 3.05) is 33.3 Å². The highest BCUT2D eigenvalue weighted by Crippen LogP contribution is 2.22. The molecular weight excluding hydrogens is 296 g/mol. The highest BCUT2D eigenvalue weighted by atomic mass is 32.2. The van der Waals surface area contributed by atoms with Gasteiger partial charge in [-0.25, -0.2) is 0 Å². The molecule has 2 atom stereocenters. The van der Waals surface area contributed by atoms with Crippen molar-refractivity contribution < 1.29 is 23.1 Å². The number of hydrogen-bond acceptors (Lipinski definition) is 4. The Balaban J connectivity index is 1.97. The lowest BCUT2D eigenvalue weighted by molar-refractivity contribution is -0.142. The van der Waals surface area contributed by atoms with Crippen LogP contribution in [0.4, 0.5) is 0 Å². The number of nitrogens with zero attached hydrogens (tertiary/aromatic N) is 2. The lowest BCUT2D eigenvalue weighted by Crippen LogP contribution is -2.49. The van der Waals surface area contributed by atoms with Crippen LogP contribution < -0.4 is 0 Å². The minimum Gasteiger partial charge on any atom is -0.481 e. The zero-order chi connectivity index (χ0) is 15.5. The summed E-state index contributed by atoms with van der Waals surface area (Å²) >= 11 is 0. The summed E-state index contributed by atoms with van der Waals surface area (Å²) in [5.74, 6) is -1.53. The van der Waals surface area contributed by atoms with Crippen molar-refractivity contribution in [3.8, 4) is 0 Å². The lowest BCUT2D eigenvalue weighted by Gasteiger charge is -2.34. The van der Waals surface area contributed by atoms with Crippen molar-refractivity contribution >= 4 is 16.2 Å². The van der Waals surface area contributed by atoms with Gasteiger partial charge in [0.2, 0.25) is 0 Å². The summed E-state index contributed by atoms with van der Waals surface area (Å²) in [6.45, 7) is 1.47. The predicted octanol–water partition coefficient (Wildman–Crippen LogP) is 0.529. The third-order valence-corrected chi connectivity index (χ3v) is 6.11. The summed E-state index contributed by atoms with van der Waals surface area (Å²) in [4.78, 5) is 11.1. The molecule has 2 unspecified atom stereocenters. The fourth-order valence-electron chi connectivity index (χ4n) is 2.88. The minimum atomic E-state index is -3.60. The Hall–Kier alpha value is -0.700. The van der Waals surface area contributed by atoms with E-state index < -0.39 is 22.1 Å². The van der Waals surface area contributed by atoms with E-state index in [1.165, 1.54) is 15.7 Å². The van der Waals surface area contributed by atoms with Gasteiger partial charge in [0.05, 0.1) is 12.0 Å². The predicted molar refractivity (Wildman–Crippen MR) is 77.1 cm³/mol. The maximum Gasteiger partial charge on any atom is 0.307 e. The largest absolute Gasteiger partial charge is 0.481 e. The van der Waals surface area contributed by atoms with Crippen LogP contribution in [0.15, 0.2) is 0 Å². The molecule has 122 valence electrons. The number of rotatable bonds is 5. The van der Waals surface area contributed by atoms with E-state index in [0.717, 1.165) is 19.3 Å². The number of carboxylic acid groups (broad SMARTS) is 1. The fourth-order valence-corrected chi connectivity index (χ4v) is 4.36. The van der Waals surface area contributed by atoms with Crippen molar-refractivity contribution in [1.82, 2.24) is 8.61 Å². The maximum absolute atomic E-state index is 12.5. The van der Waals surface area contributed by atoms with Crippen molar-refractivity contribution in [1.29, 1.82) is 0 Å². The van der Waals surface area contributed by atoms with E-state index in [1.807, 2.05) is 0 Å². The molecule has 0 bridgehead atoms. The van der Waals surface area contributed by atoms with Crippen LogP contribution in [0.25, 0.3) is 0 Å². The van der Waals surface area contributed by atoms with Crippen LogP contribution in [0, 0.1) is 5.92 Å². The summed E-state index contributed by atoms with van der Waals surface area (Å²) in [5, 5.41) is 9.07. The zero-order valence-corrected chi connectivity index (χ0v) is 13.2. The second-order valence-corrected chi connectivity index (χ2v) is 7.85. The standard InChI is InChI=1S/C13H24N2O5S/c1-14(10-12-6-2-3-8-20-12)21(18,19)15-7-4-5-11(9-15)13(16)17/h11-12H,2-10H2,1H3,(H,16,17). The summed E-state index contributed by atoms with van der Waals surface area (Å²) in [6.07, 6.45) is 4.03. The lowest BCUT2D eigenvalue weighted by atomic mass is 10.0. The molecule has 8 heteroatoms. The molecule has 0 radical (unpaired) electrons. The van der Waals surface area contributed by atoms with Crippen LogP contribution in [0.5, 0.6) is 0 Å². The van der Waals surface area contributed by atoms with Gasteiger partial charge < -0.3 is 9.84 Å². The number of likely N-dealkylation sites (N-methyl/N-ethyl adjacent to an activating group) is 1. The molecule has 2 aliphatic rings.